The Hall–Kier alpha value is -2.16. The Morgan fingerprint density at radius 1 is 1.48 bits per heavy atom. The van der Waals surface area contributed by atoms with Gasteiger partial charge in [-0.25, -0.2) is 8.42 Å². The molecule has 0 aromatic rings. The van der Waals surface area contributed by atoms with Gasteiger partial charge in [-0.05, 0) is 12.2 Å². The minimum Gasteiger partial charge on any atom is -0.481 e. The SMILES string of the molecule is CN(CCC(=O)O)C(=O)C1=CC=CN2CCS(=O)(=O)N=C12. The molecule has 2 rings (SSSR count). The van der Waals surface area contributed by atoms with Crippen LogP contribution in [0.5, 0.6) is 0 Å². The number of amides is 1. The van der Waals surface area contributed by atoms with E-state index in [2.05, 4.69) is 4.40 Å². The molecule has 0 unspecified atom stereocenters. The highest BCUT2D eigenvalue weighted by Crippen LogP contribution is 2.19. The minimum absolute atomic E-state index is 0.0370. The number of carbonyl (C=O) groups is 2. The molecular weight excluding hydrogens is 298 g/mol. The maximum Gasteiger partial charge on any atom is 0.305 e. The van der Waals surface area contributed by atoms with E-state index in [1.807, 2.05) is 0 Å². The second-order valence-corrected chi connectivity index (χ2v) is 6.44. The van der Waals surface area contributed by atoms with Gasteiger partial charge in [0, 0.05) is 26.3 Å². The van der Waals surface area contributed by atoms with Gasteiger partial charge in [0.1, 0.15) is 0 Å². The summed E-state index contributed by atoms with van der Waals surface area (Å²) in [6.45, 7) is 0.274. The average Bonchev–Trinajstić information content (AvgIpc) is 2.42. The van der Waals surface area contributed by atoms with Crippen LogP contribution in [-0.4, -0.2) is 66.9 Å². The molecule has 8 nitrogen and oxygen atoms in total. The summed E-state index contributed by atoms with van der Waals surface area (Å²) in [6.07, 6.45) is 4.59. The van der Waals surface area contributed by atoms with E-state index in [1.165, 1.54) is 18.0 Å². The summed E-state index contributed by atoms with van der Waals surface area (Å²) in [4.78, 5) is 25.7. The summed E-state index contributed by atoms with van der Waals surface area (Å²) in [5.74, 6) is -1.47. The van der Waals surface area contributed by atoms with Crippen LogP contribution in [0.3, 0.4) is 0 Å². The number of sulfonamides is 1. The van der Waals surface area contributed by atoms with Crippen LogP contribution in [0.4, 0.5) is 0 Å². The van der Waals surface area contributed by atoms with Crippen molar-refractivity contribution in [3.8, 4) is 0 Å². The van der Waals surface area contributed by atoms with Crippen LogP contribution >= 0.6 is 0 Å². The number of carboxylic acids is 1. The van der Waals surface area contributed by atoms with Crippen LogP contribution < -0.4 is 0 Å². The Labute approximate surface area is 122 Å². The smallest absolute Gasteiger partial charge is 0.305 e. The standard InChI is InChI=1S/C12H15N3O5S/c1-14(6-4-10(16)17)12(18)9-3-2-5-15-7-8-21(19,20)13-11(9)15/h2-3,5H,4,6-8H2,1H3,(H,16,17). The van der Waals surface area contributed by atoms with Gasteiger partial charge in [-0.2, -0.15) is 0 Å². The molecule has 2 aliphatic rings. The summed E-state index contributed by atoms with van der Waals surface area (Å²) in [5, 5.41) is 8.64. The number of rotatable bonds is 4. The van der Waals surface area contributed by atoms with Gasteiger partial charge in [0.25, 0.3) is 15.9 Å². The predicted octanol–water partition coefficient (Wildman–Crippen LogP) is -0.583. The van der Waals surface area contributed by atoms with Gasteiger partial charge in [-0.15, -0.1) is 4.40 Å². The number of allylic oxidation sites excluding steroid dienone is 2. The van der Waals surface area contributed by atoms with Gasteiger partial charge in [-0.1, -0.05) is 0 Å². The predicted molar refractivity (Wildman–Crippen MR) is 75.0 cm³/mol. The Bertz CT molecular complexity index is 662. The summed E-state index contributed by atoms with van der Waals surface area (Å²) in [7, 11) is -2.10. The molecule has 0 aromatic carbocycles. The van der Waals surface area contributed by atoms with Gasteiger partial charge < -0.3 is 14.9 Å². The van der Waals surface area contributed by atoms with Crippen molar-refractivity contribution in [1.82, 2.24) is 9.80 Å². The molecule has 0 radical (unpaired) electrons. The minimum atomic E-state index is -3.56. The number of hydrogen-bond donors (Lipinski definition) is 1. The Kier molecular flexibility index (Phi) is 4.12. The molecule has 2 heterocycles. The third-order valence-corrected chi connectivity index (χ3v) is 4.25. The lowest BCUT2D eigenvalue weighted by atomic mass is 10.1. The maximum absolute atomic E-state index is 12.3. The van der Waals surface area contributed by atoms with Crippen molar-refractivity contribution in [3.05, 3.63) is 23.9 Å². The first-order valence-corrected chi connectivity index (χ1v) is 7.86. The van der Waals surface area contributed by atoms with Crippen LogP contribution in [-0.2, 0) is 19.6 Å². The van der Waals surface area contributed by atoms with Gasteiger partial charge in [0.15, 0.2) is 5.84 Å². The fraction of sp³-hybridized carbons (Fsp3) is 0.417. The van der Waals surface area contributed by atoms with E-state index in [4.69, 9.17) is 5.11 Å². The molecule has 9 heteroatoms. The van der Waals surface area contributed by atoms with Crippen molar-refractivity contribution in [1.29, 1.82) is 0 Å². The van der Waals surface area contributed by atoms with E-state index in [0.29, 0.717) is 0 Å². The highest BCUT2D eigenvalue weighted by molar-refractivity contribution is 7.90. The third kappa shape index (κ3) is 3.48. The summed E-state index contributed by atoms with van der Waals surface area (Å²) >= 11 is 0. The molecule has 0 aromatic heterocycles. The van der Waals surface area contributed by atoms with Crippen molar-refractivity contribution >= 4 is 27.7 Å². The van der Waals surface area contributed by atoms with E-state index in [-0.39, 0.29) is 36.7 Å². The van der Waals surface area contributed by atoms with Crippen molar-refractivity contribution in [2.45, 2.75) is 6.42 Å². The fourth-order valence-electron chi connectivity index (χ4n) is 1.95. The molecule has 0 saturated heterocycles. The molecule has 114 valence electrons. The lowest BCUT2D eigenvalue weighted by Gasteiger charge is -2.30. The summed E-state index contributed by atoms with van der Waals surface area (Å²) in [5.41, 5.74) is 0.147. The number of aliphatic carboxylic acids is 1. The van der Waals surface area contributed by atoms with Gasteiger partial charge in [-0.3, -0.25) is 9.59 Å². The van der Waals surface area contributed by atoms with Crippen LogP contribution in [0.2, 0.25) is 0 Å². The van der Waals surface area contributed by atoms with E-state index >= 15 is 0 Å². The fourth-order valence-corrected chi connectivity index (χ4v) is 2.94. The second-order valence-electron chi connectivity index (χ2n) is 4.69. The second kappa shape index (κ2) is 5.68. The molecule has 0 saturated carbocycles. The first-order valence-electron chi connectivity index (χ1n) is 6.25. The van der Waals surface area contributed by atoms with Gasteiger partial charge >= 0.3 is 5.97 Å². The number of carboxylic acid groups (broad SMARTS) is 1. The van der Waals surface area contributed by atoms with Crippen LogP contribution in [0.15, 0.2) is 28.3 Å². The van der Waals surface area contributed by atoms with Crippen molar-refractivity contribution in [2.24, 2.45) is 4.40 Å². The Morgan fingerprint density at radius 2 is 2.19 bits per heavy atom. The molecule has 1 amide bonds. The number of fused-ring (bicyclic) bond motifs is 1. The first kappa shape index (κ1) is 15.2. The summed E-state index contributed by atoms with van der Waals surface area (Å²) in [6, 6.07) is 0. The van der Waals surface area contributed by atoms with E-state index < -0.39 is 21.9 Å². The Balaban J connectivity index is 2.23. The number of amidine groups is 1. The van der Waals surface area contributed by atoms with Crippen molar-refractivity contribution in [2.75, 3.05) is 25.9 Å². The quantitative estimate of drug-likeness (QED) is 0.744. The lowest BCUT2D eigenvalue weighted by Crippen LogP contribution is -2.43. The lowest BCUT2D eigenvalue weighted by molar-refractivity contribution is -0.137. The topological polar surface area (TPSA) is 107 Å². The van der Waals surface area contributed by atoms with Crippen molar-refractivity contribution in [3.63, 3.8) is 0 Å². The highest BCUT2D eigenvalue weighted by Gasteiger charge is 2.31. The molecule has 0 fully saturated rings. The molecule has 0 spiro atoms. The Morgan fingerprint density at radius 3 is 2.86 bits per heavy atom. The molecule has 1 N–H and O–H groups in total. The average molecular weight is 313 g/mol. The van der Waals surface area contributed by atoms with Gasteiger partial charge in [0.05, 0.1) is 17.7 Å². The van der Waals surface area contributed by atoms with E-state index in [1.54, 1.807) is 17.2 Å². The monoisotopic (exact) mass is 313 g/mol. The number of nitrogens with zero attached hydrogens (tertiary/aromatic N) is 3. The molecule has 0 atom stereocenters. The highest BCUT2D eigenvalue weighted by atomic mass is 32.2. The molecular formula is C12H15N3O5S. The number of likely N-dealkylation sites (N-methyl/N-ethyl adjacent to an activating group) is 1. The number of carbonyl (C=O) groups excluding carboxylic acids is 1. The largest absolute Gasteiger partial charge is 0.481 e. The third-order valence-electron chi connectivity index (χ3n) is 3.10. The van der Waals surface area contributed by atoms with Crippen LogP contribution in [0.25, 0.3) is 0 Å². The van der Waals surface area contributed by atoms with Crippen LogP contribution in [0, 0.1) is 0 Å². The van der Waals surface area contributed by atoms with Gasteiger partial charge in [0.2, 0.25) is 0 Å². The first-order chi connectivity index (χ1) is 9.80. The normalized spacial score (nSPS) is 19.4. The molecule has 0 aliphatic carbocycles. The van der Waals surface area contributed by atoms with Crippen molar-refractivity contribution < 1.29 is 23.1 Å². The number of hydrogen-bond acceptors (Lipinski definition) is 5. The zero-order valence-electron chi connectivity index (χ0n) is 11.4. The summed E-state index contributed by atoms with van der Waals surface area (Å²) < 4.78 is 26.8. The van der Waals surface area contributed by atoms with E-state index in [9.17, 15) is 18.0 Å². The molecule has 2 aliphatic heterocycles. The van der Waals surface area contributed by atoms with Crippen LogP contribution in [0.1, 0.15) is 6.42 Å². The molecule has 21 heavy (non-hydrogen) atoms. The molecule has 0 bridgehead atoms. The zero-order valence-corrected chi connectivity index (χ0v) is 12.2. The van der Waals surface area contributed by atoms with E-state index in [0.717, 1.165) is 0 Å². The zero-order chi connectivity index (χ0) is 15.6. The maximum atomic E-state index is 12.3.